The van der Waals surface area contributed by atoms with Crippen molar-refractivity contribution in [2.24, 2.45) is 0 Å². The second-order valence-electron chi connectivity index (χ2n) is 4.09. The normalized spacial score (nSPS) is 17.2. The van der Waals surface area contributed by atoms with Gasteiger partial charge in [-0.2, -0.15) is 0 Å². The van der Waals surface area contributed by atoms with Crippen LogP contribution in [-0.4, -0.2) is 29.3 Å². The molecule has 0 bridgehead atoms. The number of rotatable bonds is 1. The Bertz CT molecular complexity index is 431. The summed E-state index contributed by atoms with van der Waals surface area (Å²) < 4.78 is 0.874. The second kappa shape index (κ2) is 5.59. The van der Waals surface area contributed by atoms with E-state index < -0.39 is 0 Å². The summed E-state index contributed by atoms with van der Waals surface area (Å²) in [6.07, 6.45) is 1.70. The van der Waals surface area contributed by atoms with E-state index in [0.717, 1.165) is 17.3 Å². The molecule has 2 nitrogen and oxygen atoms in total. The number of piperidine rings is 1. The molecule has 0 spiro atoms. The van der Waals surface area contributed by atoms with Crippen LogP contribution < -0.4 is 0 Å². The fraction of sp³-hybridized carbons (Fsp3) is 0.417. The van der Waals surface area contributed by atoms with Crippen molar-refractivity contribution >= 4 is 45.0 Å². The molecule has 1 aromatic rings. The number of halogens is 3. The van der Waals surface area contributed by atoms with Crippen LogP contribution in [0.1, 0.15) is 23.2 Å². The standard InChI is InChI=1S/C12H12BrCl2NO/c13-8-1-2-10(11(15)7-8)12(17)16-5-3-9(14)4-6-16/h1-2,7,9H,3-6H2. The molecule has 1 aliphatic rings. The third-order valence-corrected chi connectivity index (χ3v) is 4.12. The highest BCUT2D eigenvalue weighted by molar-refractivity contribution is 9.10. The van der Waals surface area contributed by atoms with Crippen LogP contribution in [0.4, 0.5) is 0 Å². The molecule has 0 radical (unpaired) electrons. The minimum Gasteiger partial charge on any atom is -0.338 e. The van der Waals surface area contributed by atoms with Crippen LogP contribution in [0.5, 0.6) is 0 Å². The van der Waals surface area contributed by atoms with Crippen molar-refractivity contribution in [2.45, 2.75) is 18.2 Å². The third-order valence-electron chi connectivity index (χ3n) is 2.87. The molecule has 0 unspecified atom stereocenters. The van der Waals surface area contributed by atoms with Crippen LogP contribution in [-0.2, 0) is 0 Å². The lowest BCUT2D eigenvalue weighted by Crippen LogP contribution is -2.38. The maximum Gasteiger partial charge on any atom is 0.255 e. The summed E-state index contributed by atoms with van der Waals surface area (Å²) in [6, 6.07) is 5.32. The number of hydrogen-bond donors (Lipinski definition) is 0. The number of likely N-dealkylation sites (tertiary alicyclic amines) is 1. The van der Waals surface area contributed by atoms with E-state index in [9.17, 15) is 4.79 Å². The first-order valence-corrected chi connectivity index (χ1v) is 7.07. The van der Waals surface area contributed by atoms with Crippen LogP contribution in [0.3, 0.4) is 0 Å². The topological polar surface area (TPSA) is 20.3 Å². The Morgan fingerprint density at radius 1 is 1.35 bits per heavy atom. The van der Waals surface area contributed by atoms with Crippen LogP contribution >= 0.6 is 39.1 Å². The summed E-state index contributed by atoms with van der Waals surface area (Å²) in [6.45, 7) is 1.42. The number of hydrogen-bond acceptors (Lipinski definition) is 1. The van der Waals surface area contributed by atoms with Crippen molar-refractivity contribution < 1.29 is 4.79 Å². The molecule has 1 saturated heterocycles. The number of nitrogens with zero attached hydrogens (tertiary/aromatic N) is 1. The summed E-state index contributed by atoms with van der Waals surface area (Å²) in [7, 11) is 0. The minimum absolute atomic E-state index is 0.00827. The number of carbonyl (C=O) groups is 1. The average molecular weight is 337 g/mol. The summed E-state index contributed by atoms with van der Waals surface area (Å²) >= 11 is 15.4. The monoisotopic (exact) mass is 335 g/mol. The maximum absolute atomic E-state index is 12.2. The van der Waals surface area contributed by atoms with Crippen LogP contribution in [0, 0.1) is 0 Å². The molecule has 0 N–H and O–H groups in total. The highest BCUT2D eigenvalue weighted by Crippen LogP contribution is 2.24. The first-order valence-electron chi connectivity index (χ1n) is 5.46. The molecule has 1 amide bonds. The summed E-state index contributed by atoms with van der Waals surface area (Å²) in [5.74, 6) is -0.00827. The van der Waals surface area contributed by atoms with E-state index >= 15 is 0 Å². The zero-order chi connectivity index (χ0) is 12.4. The van der Waals surface area contributed by atoms with E-state index in [1.54, 1.807) is 12.1 Å². The fourth-order valence-electron chi connectivity index (χ4n) is 1.88. The number of alkyl halides is 1. The maximum atomic E-state index is 12.2. The molecular formula is C12H12BrCl2NO. The lowest BCUT2D eigenvalue weighted by Gasteiger charge is -2.29. The Hall–Kier alpha value is -0.250. The van der Waals surface area contributed by atoms with E-state index in [4.69, 9.17) is 23.2 Å². The van der Waals surface area contributed by atoms with Gasteiger partial charge in [0.15, 0.2) is 0 Å². The highest BCUT2D eigenvalue weighted by atomic mass is 79.9. The molecule has 0 atom stereocenters. The molecule has 1 fully saturated rings. The van der Waals surface area contributed by atoms with E-state index in [1.165, 1.54) is 0 Å². The quantitative estimate of drug-likeness (QED) is 0.711. The molecule has 17 heavy (non-hydrogen) atoms. The van der Waals surface area contributed by atoms with Gasteiger partial charge in [-0.05, 0) is 31.0 Å². The molecule has 0 aromatic heterocycles. The van der Waals surface area contributed by atoms with Crippen LogP contribution in [0.2, 0.25) is 5.02 Å². The van der Waals surface area contributed by atoms with E-state index in [-0.39, 0.29) is 11.3 Å². The van der Waals surface area contributed by atoms with E-state index in [2.05, 4.69) is 15.9 Å². The van der Waals surface area contributed by atoms with Gasteiger partial charge < -0.3 is 4.90 Å². The number of amides is 1. The third kappa shape index (κ3) is 3.15. The lowest BCUT2D eigenvalue weighted by molar-refractivity contribution is 0.0726. The van der Waals surface area contributed by atoms with Crippen molar-refractivity contribution in [3.63, 3.8) is 0 Å². The van der Waals surface area contributed by atoms with Crippen molar-refractivity contribution in [3.05, 3.63) is 33.3 Å². The van der Waals surface area contributed by atoms with Gasteiger partial charge in [-0.25, -0.2) is 0 Å². The zero-order valence-electron chi connectivity index (χ0n) is 9.13. The molecule has 92 valence electrons. The van der Waals surface area contributed by atoms with Gasteiger partial charge in [0.25, 0.3) is 5.91 Å². The SMILES string of the molecule is O=C(c1ccc(Br)cc1Cl)N1CCC(Cl)CC1. The van der Waals surface area contributed by atoms with Crippen molar-refractivity contribution in [1.82, 2.24) is 4.90 Å². The predicted octanol–water partition coefficient (Wildman–Crippen LogP) is 3.95. The first kappa shape index (κ1) is 13.2. The van der Waals surface area contributed by atoms with Gasteiger partial charge in [-0.3, -0.25) is 4.79 Å². The molecule has 1 heterocycles. The summed E-state index contributed by atoms with van der Waals surface area (Å²) in [5.41, 5.74) is 0.558. The zero-order valence-corrected chi connectivity index (χ0v) is 12.2. The Kier molecular flexibility index (Phi) is 4.34. The smallest absolute Gasteiger partial charge is 0.255 e. The number of benzene rings is 1. The first-order chi connectivity index (χ1) is 8.08. The molecule has 0 aliphatic carbocycles. The Balaban J connectivity index is 2.14. The average Bonchev–Trinajstić information content (AvgIpc) is 2.29. The van der Waals surface area contributed by atoms with Crippen molar-refractivity contribution in [2.75, 3.05) is 13.1 Å². The molecule has 0 saturated carbocycles. The predicted molar refractivity (Wildman–Crippen MR) is 73.9 cm³/mol. The van der Waals surface area contributed by atoms with Crippen molar-refractivity contribution in [3.8, 4) is 0 Å². The van der Waals surface area contributed by atoms with E-state index in [1.807, 2.05) is 11.0 Å². The Morgan fingerprint density at radius 2 is 2.00 bits per heavy atom. The Morgan fingerprint density at radius 3 is 2.59 bits per heavy atom. The fourth-order valence-corrected chi connectivity index (χ4v) is 2.83. The van der Waals surface area contributed by atoms with Crippen LogP contribution in [0.15, 0.2) is 22.7 Å². The number of carbonyl (C=O) groups excluding carboxylic acids is 1. The molecule has 5 heteroatoms. The van der Waals surface area contributed by atoms with E-state index in [0.29, 0.717) is 23.7 Å². The lowest BCUT2D eigenvalue weighted by atomic mass is 10.1. The van der Waals surface area contributed by atoms with Gasteiger partial charge in [0.05, 0.1) is 10.6 Å². The van der Waals surface area contributed by atoms with Crippen LogP contribution in [0.25, 0.3) is 0 Å². The molecule has 1 aliphatic heterocycles. The molecular weight excluding hydrogens is 325 g/mol. The van der Waals surface area contributed by atoms with Gasteiger partial charge in [-0.15, -0.1) is 11.6 Å². The van der Waals surface area contributed by atoms with Gasteiger partial charge in [0, 0.05) is 22.9 Å². The van der Waals surface area contributed by atoms with Gasteiger partial charge in [0.1, 0.15) is 0 Å². The minimum atomic E-state index is -0.00827. The summed E-state index contributed by atoms with van der Waals surface area (Å²) in [5, 5.41) is 0.678. The second-order valence-corrected chi connectivity index (χ2v) is 6.03. The largest absolute Gasteiger partial charge is 0.338 e. The molecule has 2 rings (SSSR count). The van der Waals surface area contributed by atoms with Crippen molar-refractivity contribution in [1.29, 1.82) is 0 Å². The Labute approximate surface area is 119 Å². The van der Waals surface area contributed by atoms with Gasteiger partial charge >= 0.3 is 0 Å². The van der Waals surface area contributed by atoms with Gasteiger partial charge in [-0.1, -0.05) is 27.5 Å². The van der Waals surface area contributed by atoms with Gasteiger partial charge in [0.2, 0.25) is 0 Å². The summed E-state index contributed by atoms with van der Waals surface area (Å²) in [4.78, 5) is 14.0. The molecule has 1 aromatic carbocycles. The highest BCUT2D eigenvalue weighted by Gasteiger charge is 2.23.